The molecule has 10 heavy (non-hydrogen) atoms. The fourth-order valence-electron chi connectivity index (χ4n) is 0.297. The number of rotatable bonds is 3. The first-order chi connectivity index (χ1) is 4.72. The zero-order valence-corrected chi connectivity index (χ0v) is 7.49. The molecule has 0 fully saturated rings. The Hall–Kier alpha value is -0.0600. The first-order valence-electron chi connectivity index (χ1n) is 2.90. The molecule has 0 heterocycles. The molecule has 0 saturated heterocycles. The summed E-state index contributed by atoms with van der Waals surface area (Å²) in [4.78, 5) is 0. The molecule has 0 saturated carbocycles. The Bertz CT molecular complexity index is 136. The minimum atomic E-state index is -0.255. The van der Waals surface area contributed by atoms with Gasteiger partial charge in [0.1, 0.15) is 0 Å². The van der Waals surface area contributed by atoms with Crippen LogP contribution in [-0.4, -0.2) is 16.8 Å². The lowest BCUT2D eigenvalue weighted by atomic mass is 10.4. The SMILES string of the molecule is CC=COC(=S)[C@@H](N)CS. The van der Waals surface area contributed by atoms with Gasteiger partial charge in [-0.1, -0.05) is 6.08 Å². The molecule has 58 valence electrons. The molecular weight excluding hydrogens is 166 g/mol. The van der Waals surface area contributed by atoms with Crippen molar-refractivity contribution in [2.75, 3.05) is 5.75 Å². The van der Waals surface area contributed by atoms with Crippen LogP contribution in [0.25, 0.3) is 0 Å². The molecule has 0 aromatic heterocycles. The zero-order chi connectivity index (χ0) is 7.98. The van der Waals surface area contributed by atoms with Crippen molar-refractivity contribution in [2.24, 2.45) is 5.73 Å². The molecular formula is C6H11NOS2. The average Bonchev–Trinajstić information content (AvgIpc) is 1.98. The molecule has 1 atom stereocenters. The Morgan fingerprint density at radius 2 is 2.50 bits per heavy atom. The van der Waals surface area contributed by atoms with Gasteiger partial charge in [-0.25, -0.2) is 0 Å². The maximum absolute atomic E-state index is 5.48. The minimum Gasteiger partial charge on any atom is -0.457 e. The molecule has 2 nitrogen and oxygen atoms in total. The molecule has 0 rings (SSSR count). The Morgan fingerprint density at radius 3 is 2.90 bits per heavy atom. The van der Waals surface area contributed by atoms with Crippen LogP contribution in [0.4, 0.5) is 0 Å². The number of thiol groups is 1. The normalized spacial score (nSPS) is 13.5. The van der Waals surface area contributed by atoms with Crippen molar-refractivity contribution < 1.29 is 4.74 Å². The average molecular weight is 177 g/mol. The van der Waals surface area contributed by atoms with E-state index in [4.69, 9.17) is 22.7 Å². The fourth-order valence-corrected chi connectivity index (χ4v) is 0.725. The van der Waals surface area contributed by atoms with Crippen LogP contribution in [0.2, 0.25) is 0 Å². The quantitative estimate of drug-likeness (QED) is 0.385. The van der Waals surface area contributed by atoms with Crippen LogP contribution >= 0.6 is 24.8 Å². The lowest BCUT2D eigenvalue weighted by Gasteiger charge is -2.07. The van der Waals surface area contributed by atoms with Crippen LogP contribution < -0.4 is 5.73 Å². The van der Waals surface area contributed by atoms with Crippen LogP contribution in [0, 0.1) is 0 Å². The summed E-state index contributed by atoms with van der Waals surface area (Å²) >= 11 is 8.75. The third-order valence-electron chi connectivity index (χ3n) is 0.820. The molecule has 0 bridgehead atoms. The maximum atomic E-state index is 5.48. The lowest BCUT2D eigenvalue weighted by molar-refractivity contribution is 0.463. The largest absolute Gasteiger partial charge is 0.457 e. The van der Waals surface area contributed by atoms with Crippen LogP contribution in [-0.2, 0) is 4.74 Å². The van der Waals surface area contributed by atoms with Gasteiger partial charge in [0.25, 0.3) is 0 Å². The van der Waals surface area contributed by atoms with Crippen molar-refractivity contribution in [1.29, 1.82) is 0 Å². The Balaban J connectivity index is 3.62. The van der Waals surface area contributed by atoms with Crippen molar-refractivity contribution in [2.45, 2.75) is 13.0 Å². The molecule has 0 aromatic rings. The van der Waals surface area contributed by atoms with Crippen molar-refractivity contribution in [3.8, 4) is 0 Å². The van der Waals surface area contributed by atoms with E-state index >= 15 is 0 Å². The molecule has 0 aromatic carbocycles. The number of ether oxygens (including phenoxy) is 1. The number of allylic oxidation sites excluding steroid dienone is 1. The molecule has 0 unspecified atom stereocenters. The highest BCUT2D eigenvalue weighted by molar-refractivity contribution is 7.81. The van der Waals surface area contributed by atoms with Gasteiger partial charge in [0.15, 0.2) is 5.05 Å². The third-order valence-corrected chi connectivity index (χ3v) is 1.61. The molecule has 0 radical (unpaired) electrons. The second-order valence-electron chi connectivity index (χ2n) is 1.70. The van der Waals surface area contributed by atoms with Crippen molar-refractivity contribution in [3.63, 3.8) is 0 Å². The minimum absolute atomic E-state index is 0.255. The second kappa shape index (κ2) is 5.70. The third kappa shape index (κ3) is 3.87. The van der Waals surface area contributed by atoms with Crippen LogP contribution in [0.3, 0.4) is 0 Å². The van der Waals surface area contributed by atoms with E-state index in [-0.39, 0.29) is 6.04 Å². The highest BCUT2D eigenvalue weighted by Crippen LogP contribution is 1.92. The fraction of sp³-hybridized carbons (Fsp3) is 0.500. The van der Waals surface area contributed by atoms with E-state index in [9.17, 15) is 0 Å². The van der Waals surface area contributed by atoms with E-state index in [1.54, 1.807) is 6.08 Å². The number of hydrogen-bond acceptors (Lipinski definition) is 4. The van der Waals surface area contributed by atoms with E-state index in [1.807, 2.05) is 6.92 Å². The predicted molar refractivity (Wildman–Crippen MR) is 50.3 cm³/mol. The summed E-state index contributed by atoms with van der Waals surface area (Å²) < 4.78 is 4.92. The summed E-state index contributed by atoms with van der Waals surface area (Å²) in [7, 11) is 0. The standard InChI is InChI=1S/C6H11NOS2/c1-2-3-8-6(10)5(7)4-9/h2-3,5,9H,4,7H2,1H3/t5-/m0/s1. The molecule has 0 aliphatic carbocycles. The smallest absolute Gasteiger partial charge is 0.184 e. The van der Waals surface area contributed by atoms with Crippen LogP contribution in [0.5, 0.6) is 0 Å². The van der Waals surface area contributed by atoms with Crippen molar-refractivity contribution >= 4 is 29.9 Å². The first-order valence-corrected chi connectivity index (χ1v) is 3.94. The summed E-state index contributed by atoms with van der Waals surface area (Å²) in [5, 5.41) is 0.383. The van der Waals surface area contributed by atoms with Gasteiger partial charge < -0.3 is 10.5 Å². The van der Waals surface area contributed by atoms with Crippen molar-refractivity contribution in [3.05, 3.63) is 12.3 Å². The number of nitrogens with two attached hydrogens (primary N) is 1. The van der Waals surface area contributed by atoms with E-state index < -0.39 is 0 Å². The zero-order valence-electron chi connectivity index (χ0n) is 5.78. The first kappa shape index (κ1) is 9.94. The Morgan fingerprint density at radius 1 is 1.90 bits per heavy atom. The Labute approximate surface area is 71.8 Å². The van der Waals surface area contributed by atoms with Gasteiger partial charge in [0, 0.05) is 5.75 Å². The van der Waals surface area contributed by atoms with Crippen molar-refractivity contribution in [1.82, 2.24) is 0 Å². The van der Waals surface area contributed by atoms with E-state index in [1.165, 1.54) is 6.26 Å². The summed E-state index contributed by atoms with van der Waals surface area (Å²) in [5.41, 5.74) is 5.48. The number of thiocarbonyl (C=S) groups is 1. The summed E-state index contributed by atoms with van der Waals surface area (Å²) in [6.07, 6.45) is 3.25. The van der Waals surface area contributed by atoms with Gasteiger partial charge in [0.2, 0.25) is 0 Å². The monoisotopic (exact) mass is 177 g/mol. The highest BCUT2D eigenvalue weighted by atomic mass is 32.1. The molecule has 0 amide bonds. The van der Waals surface area contributed by atoms with Gasteiger partial charge in [-0.3, -0.25) is 0 Å². The second-order valence-corrected chi connectivity index (χ2v) is 2.46. The van der Waals surface area contributed by atoms with Gasteiger partial charge in [0.05, 0.1) is 12.3 Å². The van der Waals surface area contributed by atoms with Crippen LogP contribution in [0.15, 0.2) is 12.3 Å². The molecule has 0 aliphatic rings. The summed E-state index contributed by atoms with van der Waals surface area (Å²) in [6.45, 7) is 1.84. The van der Waals surface area contributed by atoms with Crippen LogP contribution in [0.1, 0.15) is 6.92 Å². The highest BCUT2D eigenvalue weighted by Gasteiger charge is 2.05. The van der Waals surface area contributed by atoms with Gasteiger partial charge >= 0.3 is 0 Å². The van der Waals surface area contributed by atoms with Gasteiger partial charge in [-0.05, 0) is 19.1 Å². The Kier molecular flexibility index (Phi) is 5.67. The van der Waals surface area contributed by atoms with Gasteiger partial charge in [-0.15, -0.1) is 0 Å². The maximum Gasteiger partial charge on any atom is 0.184 e. The predicted octanol–water partition coefficient (Wildman–Crippen LogP) is 1.12. The van der Waals surface area contributed by atoms with Gasteiger partial charge in [-0.2, -0.15) is 12.6 Å². The topological polar surface area (TPSA) is 35.2 Å². The molecule has 0 aliphatic heterocycles. The molecule has 2 N–H and O–H groups in total. The van der Waals surface area contributed by atoms with E-state index in [0.717, 1.165) is 0 Å². The molecule has 4 heteroatoms. The number of hydrogen-bond donors (Lipinski definition) is 2. The van der Waals surface area contributed by atoms with E-state index in [2.05, 4.69) is 12.6 Å². The summed E-state index contributed by atoms with van der Waals surface area (Å²) in [6, 6.07) is -0.255. The van der Waals surface area contributed by atoms with E-state index in [0.29, 0.717) is 10.8 Å². The summed E-state index contributed by atoms with van der Waals surface area (Å²) in [5.74, 6) is 0.510. The molecule has 0 spiro atoms. The lowest BCUT2D eigenvalue weighted by Crippen LogP contribution is -2.31.